The number of para-hydroxylation sites is 1. The first-order chi connectivity index (χ1) is 14.0. The molecule has 4 rings (SSSR count). The Balaban J connectivity index is 1.37. The first kappa shape index (κ1) is 19.4. The van der Waals surface area contributed by atoms with Crippen molar-refractivity contribution < 1.29 is 8.42 Å². The van der Waals surface area contributed by atoms with E-state index in [0.29, 0.717) is 12.1 Å². The third-order valence-corrected chi connectivity index (χ3v) is 7.08. The topological polar surface area (TPSA) is 79.0 Å². The molecule has 1 atom stereocenters. The lowest BCUT2D eigenvalue weighted by Gasteiger charge is -2.15. The van der Waals surface area contributed by atoms with Crippen molar-refractivity contribution in [3.63, 3.8) is 0 Å². The first-order valence-corrected chi connectivity index (χ1v) is 11.2. The van der Waals surface area contributed by atoms with Crippen LogP contribution >= 0.6 is 0 Å². The van der Waals surface area contributed by atoms with Crippen molar-refractivity contribution in [2.24, 2.45) is 5.92 Å². The highest BCUT2D eigenvalue weighted by Gasteiger charge is 2.28. The van der Waals surface area contributed by atoms with Crippen LogP contribution in [0.25, 0.3) is 5.69 Å². The fourth-order valence-electron chi connectivity index (χ4n) is 3.76. The standard InChI is InChI=1S/C22H22N4O2S/c23-14-18-5-4-8-22(13-18)29(27,28)17-19-9-11-25(15-19)16-20-10-12-26(24-20)21-6-2-1-3-7-21/h1-8,10,12-13,19H,9,11,15-17H2/t19-/m1/s1. The maximum Gasteiger partial charge on any atom is 0.178 e. The average Bonchev–Trinajstić information content (AvgIpc) is 3.38. The van der Waals surface area contributed by atoms with Gasteiger partial charge in [0.05, 0.1) is 33.7 Å². The van der Waals surface area contributed by atoms with E-state index in [1.54, 1.807) is 18.2 Å². The molecule has 3 aromatic rings. The van der Waals surface area contributed by atoms with E-state index in [-0.39, 0.29) is 16.6 Å². The average molecular weight is 407 g/mol. The lowest BCUT2D eigenvalue weighted by Crippen LogP contribution is -2.23. The van der Waals surface area contributed by atoms with Crippen molar-refractivity contribution in [3.05, 3.63) is 78.1 Å². The summed E-state index contributed by atoms with van der Waals surface area (Å²) in [5, 5.41) is 13.6. The largest absolute Gasteiger partial charge is 0.297 e. The normalized spacial score (nSPS) is 17.3. The van der Waals surface area contributed by atoms with Gasteiger partial charge in [-0.3, -0.25) is 4.90 Å². The highest BCUT2D eigenvalue weighted by Crippen LogP contribution is 2.23. The van der Waals surface area contributed by atoms with E-state index < -0.39 is 9.84 Å². The molecule has 0 aliphatic carbocycles. The molecule has 6 nitrogen and oxygen atoms in total. The van der Waals surface area contributed by atoms with Crippen LogP contribution in [0.15, 0.2) is 71.8 Å². The quantitative estimate of drug-likeness (QED) is 0.629. The van der Waals surface area contributed by atoms with Gasteiger partial charge in [0.1, 0.15) is 0 Å². The molecule has 0 radical (unpaired) electrons. The highest BCUT2D eigenvalue weighted by atomic mass is 32.2. The smallest absolute Gasteiger partial charge is 0.178 e. The summed E-state index contributed by atoms with van der Waals surface area (Å²) in [7, 11) is -3.40. The van der Waals surface area contributed by atoms with Gasteiger partial charge < -0.3 is 0 Å². The summed E-state index contributed by atoms with van der Waals surface area (Å²) < 4.78 is 27.3. The second-order valence-electron chi connectivity index (χ2n) is 7.40. The van der Waals surface area contributed by atoms with Gasteiger partial charge in [0.15, 0.2) is 9.84 Å². The van der Waals surface area contributed by atoms with Crippen LogP contribution in [-0.2, 0) is 16.4 Å². The Morgan fingerprint density at radius 1 is 1.10 bits per heavy atom. The summed E-state index contributed by atoms with van der Waals surface area (Å²) in [5.41, 5.74) is 2.36. The molecule has 1 aromatic heterocycles. The van der Waals surface area contributed by atoms with Crippen molar-refractivity contribution in [2.75, 3.05) is 18.8 Å². The number of hydrogen-bond acceptors (Lipinski definition) is 5. The lowest BCUT2D eigenvalue weighted by molar-refractivity contribution is 0.316. The van der Waals surface area contributed by atoms with Crippen LogP contribution < -0.4 is 0 Å². The molecule has 2 aromatic carbocycles. The van der Waals surface area contributed by atoms with Crippen molar-refractivity contribution in [3.8, 4) is 11.8 Å². The van der Waals surface area contributed by atoms with Gasteiger partial charge in [-0.15, -0.1) is 0 Å². The lowest BCUT2D eigenvalue weighted by atomic mass is 10.2. The van der Waals surface area contributed by atoms with E-state index in [0.717, 1.165) is 30.9 Å². The number of nitriles is 1. The number of hydrogen-bond donors (Lipinski definition) is 0. The molecule has 0 spiro atoms. The molecular weight excluding hydrogens is 384 g/mol. The predicted octanol–water partition coefficient (Wildman–Crippen LogP) is 3.04. The minimum atomic E-state index is -3.40. The first-order valence-electron chi connectivity index (χ1n) is 9.59. The Hall–Kier alpha value is -2.95. The molecular formula is C22H22N4O2S. The van der Waals surface area contributed by atoms with Crippen LogP contribution in [0.3, 0.4) is 0 Å². The molecule has 29 heavy (non-hydrogen) atoms. The minimum absolute atomic E-state index is 0.0851. The molecule has 0 N–H and O–H groups in total. The Labute approximate surface area is 170 Å². The summed E-state index contributed by atoms with van der Waals surface area (Å²) in [5.74, 6) is 0.193. The van der Waals surface area contributed by atoms with Crippen LogP contribution in [-0.4, -0.2) is 41.9 Å². The van der Waals surface area contributed by atoms with Gasteiger partial charge in [-0.25, -0.2) is 13.1 Å². The fourth-order valence-corrected chi connectivity index (χ4v) is 5.44. The molecule has 0 unspecified atom stereocenters. The molecule has 0 amide bonds. The van der Waals surface area contributed by atoms with Gasteiger partial charge in [0, 0.05) is 19.3 Å². The predicted molar refractivity (Wildman–Crippen MR) is 110 cm³/mol. The Bertz CT molecular complexity index is 1130. The van der Waals surface area contributed by atoms with Crippen LogP contribution in [0, 0.1) is 17.2 Å². The summed E-state index contributed by atoms with van der Waals surface area (Å²) in [6.07, 6.45) is 2.79. The van der Waals surface area contributed by atoms with Crippen LogP contribution in [0.2, 0.25) is 0 Å². The molecule has 1 fully saturated rings. The van der Waals surface area contributed by atoms with E-state index >= 15 is 0 Å². The zero-order valence-electron chi connectivity index (χ0n) is 16.0. The molecule has 0 saturated carbocycles. The van der Waals surface area contributed by atoms with Crippen molar-refractivity contribution in [1.82, 2.24) is 14.7 Å². The van der Waals surface area contributed by atoms with E-state index in [2.05, 4.69) is 10.00 Å². The number of nitrogens with zero attached hydrogens (tertiary/aromatic N) is 4. The summed E-state index contributed by atoms with van der Waals surface area (Å²) >= 11 is 0. The Kier molecular flexibility index (Phi) is 5.47. The third kappa shape index (κ3) is 4.56. The summed E-state index contributed by atoms with van der Waals surface area (Å²) in [6.45, 7) is 2.30. The van der Waals surface area contributed by atoms with Gasteiger partial charge in [-0.1, -0.05) is 24.3 Å². The van der Waals surface area contributed by atoms with Crippen LogP contribution in [0.1, 0.15) is 17.7 Å². The molecule has 1 aliphatic rings. The molecule has 1 saturated heterocycles. The van der Waals surface area contributed by atoms with Crippen LogP contribution in [0.4, 0.5) is 0 Å². The monoisotopic (exact) mass is 406 g/mol. The molecule has 7 heteroatoms. The van der Waals surface area contributed by atoms with E-state index in [1.165, 1.54) is 6.07 Å². The fraction of sp³-hybridized carbons (Fsp3) is 0.273. The van der Waals surface area contributed by atoms with Crippen molar-refractivity contribution in [2.45, 2.75) is 17.9 Å². The molecule has 1 aliphatic heterocycles. The van der Waals surface area contributed by atoms with E-state index in [4.69, 9.17) is 5.26 Å². The second kappa shape index (κ2) is 8.19. The number of aromatic nitrogens is 2. The van der Waals surface area contributed by atoms with Crippen molar-refractivity contribution in [1.29, 1.82) is 5.26 Å². The van der Waals surface area contributed by atoms with E-state index in [9.17, 15) is 8.42 Å². The number of rotatable bonds is 6. The summed E-state index contributed by atoms with van der Waals surface area (Å²) in [6, 6.07) is 20.2. The van der Waals surface area contributed by atoms with Gasteiger partial charge >= 0.3 is 0 Å². The molecule has 0 bridgehead atoms. The SMILES string of the molecule is N#Cc1cccc(S(=O)(=O)C[C@@H]2CCN(Cc3ccn(-c4ccccc4)n3)C2)c1. The highest BCUT2D eigenvalue weighted by molar-refractivity contribution is 7.91. The zero-order chi connectivity index (χ0) is 20.3. The Morgan fingerprint density at radius 3 is 2.72 bits per heavy atom. The van der Waals surface area contributed by atoms with Gasteiger partial charge in [0.2, 0.25) is 0 Å². The van der Waals surface area contributed by atoms with Crippen LogP contribution in [0.5, 0.6) is 0 Å². The number of benzene rings is 2. The zero-order valence-corrected chi connectivity index (χ0v) is 16.8. The van der Waals surface area contributed by atoms with Gasteiger partial charge in [-0.2, -0.15) is 10.4 Å². The maximum atomic E-state index is 12.7. The number of sulfone groups is 1. The second-order valence-corrected chi connectivity index (χ2v) is 9.43. The van der Waals surface area contributed by atoms with Gasteiger partial charge in [0.25, 0.3) is 0 Å². The summed E-state index contributed by atoms with van der Waals surface area (Å²) in [4.78, 5) is 2.49. The van der Waals surface area contributed by atoms with E-state index in [1.807, 2.05) is 53.3 Å². The Morgan fingerprint density at radius 2 is 1.93 bits per heavy atom. The third-order valence-electron chi connectivity index (χ3n) is 5.20. The molecule has 2 heterocycles. The minimum Gasteiger partial charge on any atom is -0.297 e. The molecule has 148 valence electrons. The maximum absolute atomic E-state index is 12.7. The number of likely N-dealkylation sites (tertiary alicyclic amines) is 1. The van der Waals surface area contributed by atoms with Crippen molar-refractivity contribution >= 4 is 9.84 Å². The van der Waals surface area contributed by atoms with Gasteiger partial charge in [-0.05, 0) is 55.3 Å².